The molecule has 0 spiro atoms. The molecule has 0 fully saturated rings. The monoisotopic (exact) mass is 272 g/mol. The number of nitrogens with zero attached hydrogens (tertiary/aromatic N) is 1. The van der Waals surface area contributed by atoms with Crippen LogP contribution in [0.15, 0.2) is 18.2 Å². The molecule has 3 rings (SSSR count). The number of ether oxygens (including phenoxy) is 1. The zero-order valence-corrected chi connectivity index (χ0v) is 11.8. The second kappa shape index (κ2) is 5.29. The Balaban J connectivity index is 2.13. The minimum atomic E-state index is -0.270. The van der Waals surface area contributed by atoms with Crippen molar-refractivity contribution in [2.75, 3.05) is 13.7 Å². The minimum Gasteiger partial charge on any atom is -0.465 e. The van der Waals surface area contributed by atoms with Gasteiger partial charge < -0.3 is 15.0 Å². The van der Waals surface area contributed by atoms with Gasteiger partial charge in [-0.1, -0.05) is 0 Å². The number of methoxy groups -OCH3 is 1. The lowest BCUT2D eigenvalue weighted by atomic mass is 10.1. The number of aryl methyl sites for hydroxylation is 2. The van der Waals surface area contributed by atoms with E-state index in [-0.39, 0.29) is 5.97 Å². The van der Waals surface area contributed by atoms with E-state index in [9.17, 15) is 4.79 Å². The molecule has 1 aromatic heterocycles. The van der Waals surface area contributed by atoms with Crippen LogP contribution in [0.25, 0.3) is 10.9 Å². The van der Waals surface area contributed by atoms with Gasteiger partial charge in [0.05, 0.1) is 12.7 Å². The van der Waals surface area contributed by atoms with E-state index in [1.807, 2.05) is 18.2 Å². The predicted molar refractivity (Wildman–Crippen MR) is 79.0 cm³/mol. The summed E-state index contributed by atoms with van der Waals surface area (Å²) < 4.78 is 7.19. The number of nitrogens with two attached hydrogens (primary N) is 1. The van der Waals surface area contributed by atoms with Crippen LogP contribution in [0.3, 0.4) is 0 Å². The molecule has 1 aliphatic carbocycles. The molecule has 2 N–H and O–H groups in total. The highest BCUT2D eigenvalue weighted by Crippen LogP contribution is 2.34. The average Bonchev–Trinajstić information content (AvgIpc) is 3.05. The summed E-state index contributed by atoms with van der Waals surface area (Å²) in [6.45, 7) is 1.66. The van der Waals surface area contributed by atoms with Crippen molar-refractivity contribution in [3.8, 4) is 0 Å². The summed E-state index contributed by atoms with van der Waals surface area (Å²) in [5, 5.41) is 1.21. The Labute approximate surface area is 118 Å². The number of rotatable bonds is 4. The molecule has 0 amide bonds. The van der Waals surface area contributed by atoms with Crippen molar-refractivity contribution in [1.82, 2.24) is 4.57 Å². The molecule has 0 saturated carbocycles. The first-order valence-corrected chi connectivity index (χ1v) is 7.18. The third-order valence-corrected chi connectivity index (χ3v) is 4.13. The van der Waals surface area contributed by atoms with E-state index in [1.54, 1.807) is 0 Å². The van der Waals surface area contributed by atoms with Gasteiger partial charge in [0.15, 0.2) is 0 Å². The second-order valence-electron chi connectivity index (χ2n) is 5.30. The van der Waals surface area contributed by atoms with E-state index in [1.165, 1.54) is 35.7 Å². The summed E-state index contributed by atoms with van der Waals surface area (Å²) in [6, 6.07) is 5.86. The number of fused-ring (bicyclic) bond motifs is 3. The Morgan fingerprint density at radius 1 is 1.40 bits per heavy atom. The number of aromatic nitrogens is 1. The second-order valence-corrected chi connectivity index (χ2v) is 5.30. The third-order valence-electron chi connectivity index (χ3n) is 4.13. The van der Waals surface area contributed by atoms with Gasteiger partial charge in [-0.2, -0.15) is 0 Å². The first kappa shape index (κ1) is 13.2. The molecule has 1 aromatic carbocycles. The van der Waals surface area contributed by atoms with Crippen molar-refractivity contribution in [2.24, 2.45) is 5.73 Å². The zero-order chi connectivity index (χ0) is 14.1. The smallest absolute Gasteiger partial charge is 0.337 e. The summed E-state index contributed by atoms with van der Waals surface area (Å²) in [4.78, 5) is 11.7. The van der Waals surface area contributed by atoms with Gasteiger partial charge in [-0.15, -0.1) is 0 Å². The lowest BCUT2D eigenvalue weighted by molar-refractivity contribution is 0.0601. The van der Waals surface area contributed by atoms with E-state index in [0.29, 0.717) is 12.1 Å². The van der Waals surface area contributed by atoms with Crippen molar-refractivity contribution in [2.45, 2.75) is 32.2 Å². The topological polar surface area (TPSA) is 57.2 Å². The van der Waals surface area contributed by atoms with Gasteiger partial charge in [-0.25, -0.2) is 4.79 Å². The van der Waals surface area contributed by atoms with Crippen LogP contribution >= 0.6 is 0 Å². The van der Waals surface area contributed by atoms with Crippen LogP contribution in [0, 0.1) is 0 Å². The third kappa shape index (κ3) is 2.00. The number of hydrogen-bond acceptors (Lipinski definition) is 3. The van der Waals surface area contributed by atoms with E-state index in [2.05, 4.69) is 4.57 Å². The Morgan fingerprint density at radius 3 is 3.00 bits per heavy atom. The SMILES string of the molecule is COC(=O)c1ccc2c(c1)c1c(n2CCCN)CCC1. The van der Waals surface area contributed by atoms with Crippen molar-refractivity contribution in [3.63, 3.8) is 0 Å². The van der Waals surface area contributed by atoms with Crippen molar-refractivity contribution in [3.05, 3.63) is 35.0 Å². The maximum absolute atomic E-state index is 11.7. The molecule has 0 radical (unpaired) electrons. The Bertz CT molecular complexity index is 658. The summed E-state index contributed by atoms with van der Waals surface area (Å²) in [6.07, 6.45) is 4.41. The normalized spacial score (nSPS) is 13.7. The standard InChI is InChI=1S/C16H20N2O2/c1-20-16(19)11-6-7-15-13(10-11)12-4-2-5-14(12)18(15)9-3-8-17/h6-7,10H,2-5,8-9,17H2,1H3. The number of carbonyl (C=O) groups is 1. The van der Waals surface area contributed by atoms with Gasteiger partial charge in [0.2, 0.25) is 0 Å². The molecule has 0 unspecified atom stereocenters. The summed E-state index contributed by atoms with van der Waals surface area (Å²) >= 11 is 0. The first-order valence-electron chi connectivity index (χ1n) is 7.18. The van der Waals surface area contributed by atoms with Crippen LogP contribution in [0.2, 0.25) is 0 Å². The van der Waals surface area contributed by atoms with Gasteiger partial charge >= 0.3 is 5.97 Å². The van der Waals surface area contributed by atoms with E-state index in [4.69, 9.17) is 10.5 Å². The largest absolute Gasteiger partial charge is 0.465 e. The van der Waals surface area contributed by atoms with E-state index in [0.717, 1.165) is 25.8 Å². The quantitative estimate of drug-likeness (QED) is 0.869. The predicted octanol–water partition coefficient (Wildman–Crippen LogP) is 2.27. The number of esters is 1. The molecule has 0 atom stereocenters. The molecule has 0 aliphatic heterocycles. The summed E-state index contributed by atoms with van der Waals surface area (Å²) in [5.74, 6) is -0.270. The number of hydrogen-bond donors (Lipinski definition) is 1. The lowest BCUT2D eigenvalue weighted by Gasteiger charge is -2.08. The van der Waals surface area contributed by atoms with Crippen molar-refractivity contribution < 1.29 is 9.53 Å². The average molecular weight is 272 g/mol. The molecular weight excluding hydrogens is 252 g/mol. The molecule has 4 heteroatoms. The summed E-state index contributed by atoms with van der Waals surface area (Å²) in [5.41, 5.74) is 10.3. The van der Waals surface area contributed by atoms with Gasteiger partial charge in [-0.3, -0.25) is 0 Å². The molecule has 1 heterocycles. The fourth-order valence-electron chi connectivity index (χ4n) is 3.22. The van der Waals surface area contributed by atoms with Crippen LogP contribution < -0.4 is 5.73 Å². The fourth-order valence-corrected chi connectivity index (χ4v) is 3.22. The molecule has 20 heavy (non-hydrogen) atoms. The van der Waals surface area contributed by atoms with Crippen LogP contribution in [-0.2, 0) is 24.1 Å². The fraction of sp³-hybridized carbons (Fsp3) is 0.438. The van der Waals surface area contributed by atoms with Gasteiger partial charge in [-0.05, 0) is 56.0 Å². The van der Waals surface area contributed by atoms with Crippen LogP contribution in [0.1, 0.15) is 34.5 Å². The molecule has 4 nitrogen and oxygen atoms in total. The van der Waals surface area contributed by atoms with E-state index >= 15 is 0 Å². The Kier molecular flexibility index (Phi) is 3.49. The van der Waals surface area contributed by atoms with Crippen LogP contribution in [0.5, 0.6) is 0 Å². The zero-order valence-electron chi connectivity index (χ0n) is 11.8. The maximum atomic E-state index is 11.7. The lowest BCUT2D eigenvalue weighted by Crippen LogP contribution is -2.08. The van der Waals surface area contributed by atoms with Crippen molar-refractivity contribution >= 4 is 16.9 Å². The molecule has 0 bridgehead atoms. The van der Waals surface area contributed by atoms with Gasteiger partial charge in [0.25, 0.3) is 0 Å². The van der Waals surface area contributed by atoms with Gasteiger partial charge in [0.1, 0.15) is 0 Å². The molecule has 106 valence electrons. The first-order chi connectivity index (χ1) is 9.76. The van der Waals surface area contributed by atoms with Crippen LogP contribution in [0.4, 0.5) is 0 Å². The van der Waals surface area contributed by atoms with Gasteiger partial charge in [0, 0.05) is 23.1 Å². The minimum absolute atomic E-state index is 0.270. The number of benzene rings is 1. The Morgan fingerprint density at radius 2 is 2.25 bits per heavy atom. The summed E-state index contributed by atoms with van der Waals surface area (Å²) in [7, 11) is 1.42. The highest BCUT2D eigenvalue weighted by molar-refractivity contribution is 5.96. The Hall–Kier alpha value is -1.81. The van der Waals surface area contributed by atoms with E-state index < -0.39 is 0 Å². The van der Waals surface area contributed by atoms with Crippen LogP contribution in [-0.4, -0.2) is 24.2 Å². The molecule has 2 aromatic rings. The molecular formula is C16H20N2O2. The van der Waals surface area contributed by atoms with Crippen molar-refractivity contribution in [1.29, 1.82) is 0 Å². The molecule has 0 saturated heterocycles. The number of carbonyl (C=O) groups excluding carboxylic acids is 1. The highest BCUT2D eigenvalue weighted by Gasteiger charge is 2.22. The highest BCUT2D eigenvalue weighted by atomic mass is 16.5. The maximum Gasteiger partial charge on any atom is 0.337 e. The molecule has 1 aliphatic rings.